The van der Waals surface area contributed by atoms with Gasteiger partial charge < -0.3 is 5.32 Å². The van der Waals surface area contributed by atoms with Crippen LogP contribution in [0.25, 0.3) is 0 Å². The van der Waals surface area contributed by atoms with Crippen molar-refractivity contribution in [3.05, 3.63) is 0 Å². The van der Waals surface area contributed by atoms with Gasteiger partial charge in [-0.1, -0.05) is 0 Å². The molecule has 7 heteroatoms. The molecule has 1 atom stereocenters. The third-order valence-corrected chi connectivity index (χ3v) is 2.80. The highest BCUT2D eigenvalue weighted by atomic mass is 32.2. The van der Waals surface area contributed by atoms with Crippen LogP contribution >= 0.6 is 11.8 Å². The minimum absolute atomic E-state index is 0.409. The summed E-state index contributed by atoms with van der Waals surface area (Å²) in [4.78, 5) is 24.6. The molecule has 0 radical (unpaired) electrons. The van der Waals surface area contributed by atoms with Crippen LogP contribution < -0.4 is 11.2 Å². The molecule has 0 aromatic rings. The predicted octanol–water partition coefficient (Wildman–Crippen LogP) is 0.752. The average Bonchev–Trinajstić information content (AvgIpc) is 2.09. The number of carbonyl (C=O) groups is 2. The van der Waals surface area contributed by atoms with Gasteiger partial charge in [0.1, 0.15) is 0 Å². The second-order valence-corrected chi connectivity index (χ2v) is 5.15. The summed E-state index contributed by atoms with van der Waals surface area (Å²) in [7, 11) is 0. The van der Waals surface area contributed by atoms with E-state index in [-0.39, 0.29) is 0 Å². The van der Waals surface area contributed by atoms with Gasteiger partial charge in [-0.15, -0.1) is 11.8 Å². The number of thioether (sulfide) groups is 1. The molecule has 0 aromatic carbocycles. The largest absolute Gasteiger partial charge is 0.345 e. The van der Waals surface area contributed by atoms with Gasteiger partial charge in [0.05, 0.1) is 0 Å². The fraction of sp³-hybridized carbons (Fsp3) is 0.750. The molecule has 0 aromatic heterocycles. The molecule has 86 valence electrons. The van der Waals surface area contributed by atoms with Crippen LogP contribution in [0.15, 0.2) is 0 Å². The fourth-order valence-electron chi connectivity index (χ4n) is 1.31. The Labute approximate surface area is 93.1 Å². The Balaban J connectivity index is 2.95. The van der Waals surface area contributed by atoms with Crippen LogP contribution in [0, 0.1) is 0 Å². The van der Waals surface area contributed by atoms with Gasteiger partial charge in [0.15, 0.2) is 5.50 Å². The normalized spacial score (nSPS) is 23.1. The molecule has 1 heterocycles. The standard InChI is InChI=1S/C8H16N4O2S/c1-8(2,3)11-5(13)10-6(15-4)12(9)7(11)14/h6H,9H2,1-4H3,(H,10,13). The first-order chi connectivity index (χ1) is 6.79. The molecule has 1 fully saturated rings. The second kappa shape index (κ2) is 3.90. The summed E-state index contributed by atoms with van der Waals surface area (Å²) in [5.41, 5.74) is -1.08. The van der Waals surface area contributed by atoms with Crippen molar-refractivity contribution in [2.24, 2.45) is 5.84 Å². The number of rotatable bonds is 1. The number of carbonyl (C=O) groups excluding carboxylic acids is 2. The highest BCUT2D eigenvalue weighted by Crippen LogP contribution is 2.21. The van der Waals surface area contributed by atoms with Gasteiger partial charge in [0.25, 0.3) is 0 Å². The zero-order valence-electron chi connectivity index (χ0n) is 9.27. The lowest BCUT2D eigenvalue weighted by Crippen LogP contribution is -2.69. The quantitative estimate of drug-likeness (QED) is 0.516. The van der Waals surface area contributed by atoms with E-state index in [1.807, 2.05) is 0 Å². The maximum absolute atomic E-state index is 11.8. The maximum atomic E-state index is 11.8. The number of nitrogens with one attached hydrogen (secondary N) is 1. The average molecular weight is 232 g/mol. The summed E-state index contributed by atoms with van der Waals surface area (Å²) in [6, 6.07) is -0.890. The van der Waals surface area contributed by atoms with Crippen LogP contribution in [0.2, 0.25) is 0 Å². The van der Waals surface area contributed by atoms with Crippen molar-refractivity contribution >= 4 is 23.8 Å². The number of amides is 4. The van der Waals surface area contributed by atoms with Crippen molar-refractivity contribution in [2.45, 2.75) is 31.8 Å². The molecular weight excluding hydrogens is 216 g/mol. The molecule has 4 amide bonds. The molecule has 3 N–H and O–H groups in total. The second-order valence-electron chi connectivity index (χ2n) is 4.23. The molecule has 0 spiro atoms. The Morgan fingerprint density at radius 1 is 1.40 bits per heavy atom. The van der Waals surface area contributed by atoms with Crippen LogP contribution in [-0.2, 0) is 0 Å². The zero-order chi connectivity index (χ0) is 11.8. The van der Waals surface area contributed by atoms with Gasteiger partial charge in [0, 0.05) is 5.54 Å². The fourth-order valence-corrected chi connectivity index (χ4v) is 1.84. The molecule has 1 unspecified atom stereocenters. The van der Waals surface area contributed by atoms with Gasteiger partial charge in [0.2, 0.25) is 0 Å². The summed E-state index contributed by atoms with van der Waals surface area (Å²) >= 11 is 1.30. The predicted molar refractivity (Wildman–Crippen MR) is 58.8 cm³/mol. The van der Waals surface area contributed by atoms with Crippen molar-refractivity contribution in [3.63, 3.8) is 0 Å². The molecule has 1 aliphatic heterocycles. The van der Waals surface area contributed by atoms with Gasteiger partial charge in [-0.3, -0.25) is 0 Å². The van der Waals surface area contributed by atoms with E-state index in [1.54, 1.807) is 27.0 Å². The highest BCUT2D eigenvalue weighted by Gasteiger charge is 2.42. The summed E-state index contributed by atoms with van der Waals surface area (Å²) in [6.45, 7) is 5.33. The Hall–Kier alpha value is -0.950. The van der Waals surface area contributed by atoms with E-state index in [2.05, 4.69) is 5.32 Å². The molecular formula is C8H16N4O2S. The minimum Gasteiger partial charge on any atom is -0.307 e. The first kappa shape index (κ1) is 12.1. The van der Waals surface area contributed by atoms with Crippen molar-refractivity contribution < 1.29 is 9.59 Å². The lowest BCUT2D eigenvalue weighted by Gasteiger charge is -2.42. The first-order valence-electron chi connectivity index (χ1n) is 4.50. The Bertz CT molecular complexity index is 289. The topological polar surface area (TPSA) is 78.7 Å². The van der Waals surface area contributed by atoms with Crippen molar-refractivity contribution in [3.8, 4) is 0 Å². The van der Waals surface area contributed by atoms with E-state index in [1.165, 1.54) is 11.8 Å². The SMILES string of the molecule is CSC1NC(=O)N(C(C)(C)C)C(=O)N1N. The minimum atomic E-state index is -0.581. The third-order valence-electron chi connectivity index (χ3n) is 2.01. The van der Waals surface area contributed by atoms with E-state index in [0.29, 0.717) is 0 Å². The summed E-state index contributed by atoms with van der Waals surface area (Å²) in [5, 5.41) is 3.66. The van der Waals surface area contributed by atoms with Gasteiger partial charge in [-0.2, -0.15) is 0 Å². The van der Waals surface area contributed by atoms with Crippen molar-refractivity contribution in [1.29, 1.82) is 0 Å². The van der Waals surface area contributed by atoms with Gasteiger partial charge >= 0.3 is 12.1 Å². The number of nitrogens with two attached hydrogens (primary N) is 1. The van der Waals surface area contributed by atoms with Crippen LogP contribution in [0.4, 0.5) is 9.59 Å². The Morgan fingerprint density at radius 2 is 1.93 bits per heavy atom. The lowest BCUT2D eigenvalue weighted by molar-refractivity contribution is 0.0930. The monoisotopic (exact) mass is 232 g/mol. The van der Waals surface area contributed by atoms with E-state index in [4.69, 9.17) is 5.84 Å². The van der Waals surface area contributed by atoms with E-state index < -0.39 is 23.1 Å². The molecule has 1 rings (SSSR count). The number of hydrazine groups is 1. The first-order valence-corrected chi connectivity index (χ1v) is 5.79. The molecule has 6 nitrogen and oxygen atoms in total. The summed E-state index contributed by atoms with van der Waals surface area (Å²) in [5.74, 6) is 5.59. The number of hydrogen-bond acceptors (Lipinski definition) is 4. The highest BCUT2D eigenvalue weighted by molar-refractivity contribution is 7.99. The number of imide groups is 1. The number of urea groups is 2. The van der Waals surface area contributed by atoms with Crippen LogP contribution in [0.5, 0.6) is 0 Å². The van der Waals surface area contributed by atoms with Gasteiger partial charge in [-0.25, -0.2) is 25.3 Å². The Morgan fingerprint density at radius 3 is 2.33 bits per heavy atom. The molecule has 1 saturated heterocycles. The smallest absolute Gasteiger partial charge is 0.307 e. The molecule has 0 saturated carbocycles. The van der Waals surface area contributed by atoms with E-state index in [9.17, 15) is 9.59 Å². The van der Waals surface area contributed by atoms with Crippen molar-refractivity contribution in [1.82, 2.24) is 15.2 Å². The molecule has 0 aliphatic carbocycles. The maximum Gasteiger partial charge on any atom is 0.345 e. The zero-order valence-corrected chi connectivity index (χ0v) is 10.1. The molecule has 1 aliphatic rings. The summed E-state index contributed by atoms with van der Waals surface area (Å²) < 4.78 is 0. The van der Waals surface area contributed by atoms with Crippen molar-refractivity contribution in [2.75, 3.05) is 6.26 Å². The van der Waals surface area contributed by atoms with E-state index >= 15 is 0 Å². The van der Waals surface area contributed by atoms with Gasteiger partial charge in [-0.05, 0) is 27.0 Å². The third kappa shape index (κ3) is 2.18. The van der Waals surface area contributed by atoms with E-state index in [0.717, 1.165) is 9.91 Å². The van der Waals surface area contributed by atoms with Crippen LogP contribution in [0.1, 0.15) is 20.8 Å². The number of nitrogens with zero attached hydrogens (tertiary/aromatic N) is 2. The Kier molecular flexibility index (Phi) is 3.15. The van der Waals surface area contributed by atoms with Crippen LogP contribution in [-0.4, -0.2) is 39.3 Å². The molecule has 0 bridgehead atoms. The molecule has 15 heavy (non-hydrogen) atoms. The van der Waals surface area contributed by atoms with Crippen LogP contribution in [0.3, 0.4) is 0 Å². The summed E-state index contributed by atoms with van der Waals surface area (Å²) in [6.07, 6.45) is 1.77. The lowest BCUT2D eigenvalue weighted by atomic mass is 10.1. The number of hydrogen-bond donors (Lipinski definition) is 2.